The summed E-state index contributed by atoms with van der Waals surface area (Å²) in [7, 11) is 1.97. The van der Waals surface area contributed by atoms with Gasteiger partial charge in [0.15, 0.2) is 0 Å². The fraction of sp³-hybridized carbons (Fsp3) is 0.588. The zero-order chi connectivity index (χ0) is 17.5. The lowest BCUT2D eigenvalue weighted by molar-refractivity contribution is -0.384. The molecule has 0 aromatic heterocycles. The van der Waals surface area contributed by atoms with Crippen molar-refractivity contribution in [1.82, 2.24) is 10.2 Å². The maximum absolute atomic E-state index is 12.6. The monoisotopic (exact) mass is 387 g/mol. The first-order chi connectivity index (χ1) is 11.5. The van der Waals surface area contributed by atoms with E-state index in [1.54, 1.807) is 12.1 Å². The largest absolute Gasteiger partial charge is 0.342 e. The predicted molar refractivity (Wildman–Crippen MR) is 104 cm³/mol. The van der Waals surface area contributed by atoms with E-state index in [-0.39, 0.29) is 29.3 Å². The lowest BCUT2D eigenvalue weighted by Gasteiger charge is -2.33. The second-order valence-electron chi connectivity index (χ2n) is 6.17. The van der Waals surface area contributed by atoms with Crippen molar-refractivity contribution < 1.29 is 9.72 Å². The highest BCUT2D eigenvalue weighted by atomic mass is 35.5. The number of nitrogens with zero attached hydrogens (tertiary/aromatic N) is 2. The molecule has 1 atom stereocenters. The van der Waals surface area contributed by atoms with Gasteiger partial charge >= 0.3 is 0 Å². The van der Waals surface area contributed by atoms with Crippen LogP contribution in [0.1, 0.15) is 26.2 Å². The van der Waals surface area contributed by atoms with E-state index in [0.29, 0.717) is 5.92 Å². The maximum atomic E-state index is 12.6. The summed E-state index contributed by atoms with van der Waals surface area (Å²) in [5.41, 5.74) is 0.0713. The molecule has 2 rings (SSSR count). The molecule has 25 heavy (non-hydrogen) atoms. The van der Waals surface area contributed by atoms with Crippen LogP contribution in [0.5, 0.6) is 0 Å². The summed E-state index contributed by atoms with van der Waals surface area (Å²) in [5, 5.41) is 13.7. The van der Waals surface area contributed by atoms with Gasteiger partial charge in [0, 0.05) is 30.1 Å². The molecule has 0 saturated carbocycles. The summed E-state index contributed by atoms with van der Waals surface area (Å²) in [6, 6.07) is 6.37. The molecule has 1 N–H and O–H groups in total. The number of non-ortho nitro benzene ring substituents is 1. The number of nitro benzene ring substituents is 1. The minimum atomic E-state index is -0.415. The number of thioether (sulfide) groups is 1. The smallest absolute Gasteiger partial charge is 0.269 e. The fourth-order valence-electron chi connectivity index (χ4n) is 2.95. The second kappa shape index (κ2) is 10.6. The molecule has 1 aromatic carbocycles. The van der Waals surface area contributed by atoms with Gasteiger partial charge in [-0.1, -0.05) is 0 Å². The van der Waals surface area contributed by atoms with E-state index in [1.807, 2.05) is 18.9 Å². The highest BCUT2D eigenvalue weighted by molar-refractivity contribution is 8.00. The van der Waals surface area contributed by atoms with Crippen LogP contribution in [0.25, 0.3) is 0 Å². The zero-order valence-electron chi connectivity index (χ0n) is 14.6. The van der Waals surface area contributed by atoms with Gasteiger partial charge in [0.25, 0.3) is 5.69 Å². The molecular formula is C17H26ClN3O3S. The Bertz CT molecular complexity index is 563. The molecule has 1 aliphatic rings. The molecule has 1 aliphatic heterocycles. The average molecular weight is 388 g/mol. The molecule has 1 aromatic rings. The molecule has 8 heteroatoms. The SMILES string of the molecule is CNCCC1CCN(C(=O)C(C)Sc2ccc([N+](=O)[O-])cc2)CC1.Cl. The fourth-order valence-corrected chi connectivity index (χ4v) is 3.90. The minimum absolute atomic E-state index is 0. The van der Waals surface area contributed by atoms with Gasteiger partial charge in [-0.3, -0.25) is 14.9 Å². The average Bonchev–Trinajstić information content (AvgIpc) is 2.60. The van der Waals surface area contributed by atoms with Gasteiger partial charge in [0.2, 0.25) is 5.91 Å². The number of nitrogens with one attached hydrogen (secondary N) is 1. The van der Waals surface area contributed by atoms with Crippen molar-refractivity contribution in [1.29, 1.82) is 0 Å². The Balaban J connectivity index is 0.00000312. The van der Waals surface area contributed by atoms with E-state index in [9.17, 15) is 14.9 Å². The van der Waals surface area contributed by atoms with Crippen molar-refractivity contribution in [2.24, 2.45) is 5.92 Å². The van der Waals surface area contributed by atoms with E-state index < -0.39 is 4.92 Å². The van der Waals surface area contributed by atoms with Crippen LogP contribution in [-0.2, 0) is 4.79 Å². The molecule has 0 aliphatic carbocycles. The highest BCUT2D eigenvalue weighted by Gasteiger charge is 2.26. The van der Waals surface area contributed by atoms with Gasteiger partial charge in [0.05, 0.1) is 10.2 Å². The van der Waals surface area contributed by atoms with Crippen molar-refractivity contribution in [2.75, 3.05) is 26.7 Å². The van der Waals surface area contributed by atoms with Crippen molar-refractivity contribution in [3.63, 3.8) is 0 Å². The molecule has 1 fully saturated rings. The van der Waals surface area contributed by atoms with Crippen molar-refractivity contribution in [3.05, 3.63) is 34.4 Å². The Hall–Kier alpha value is -1.31. The van der Waals surface area contributed by atoms with Crippen LogP contribution in [0.4, 0.5) is 5.69 Å². The Labute approximate surface area is 159 Å². The summed E-state index contributed by atoms with van der Waals surface area (Å²) in [4.78, 5) is 25.7. The molecule has 1 amide bonds. The zero-order valence-corrected chi connectivity index (χ0v) is 16.3. The van der Waals surface area contributed by atoms with Crippen LogP contribution in [0.15, 0.2) is 29.2 Å². The van der Waals surface area contributed by atoms with Crippen LogP contribution < -0.4 is 5.32 Å². The molecule has 1 saturated heterocycles. The third kappa shape index (κ3) is 6.49. The normalized spacial score (nSPS) is 16.2. The third-order valence-electron chi connectivity index (χ3n) is 4.44. The number of amides is 1. The standard InChI is InChI=1S/C17H25N3O3S.ClH/c1-13(24-16-5-3-15(4-6-16)20(22)23)17(21)19-11-8-14(9-12-19)7-10-18-2;/h3-6,13-14,18H,7-12H2,1-2H3;1H. The number of carbonyl (C=O) groups excluding carboxylic acids is 1. The first-order valence-electron chi connectivity index (χ1n) is 8.35. The number of likely N-dealkylation sites (tertiary alicyclic amines) is 1. The molecule has 1 unspecified atom stereocenters. The predicted octanol–water partition coefficient (Wildman–Crippen LogP) is 3.35. The van der Waals surface area contributed by atoms with Crippen molar-refractivity contribution in [2.45, 2.75) is 36.3 Å². The van der Waals surface area contributed by atoms with Gasteiger partial charge in [-0.2, -0.15) is 0 Å². The number of nitro groups is 1. The van der Waals surface area contributed by atoms with Gasteiger partial charge in [0.1, 0.15) is 0 Å². The van der Waals surface area contributed by atoms with Crippen LogP contribution in [0, 0.1) is 16.0 Å². The quantitative estimate of drug-likeness (QED) is 0.441. The van der Waals surface area contributed by atoms with E-state index in [1.165, 1.54) is 30.3 Å². The molecular weight excluding hydrogens is 362 g/mol. The van der Waals surface area contributed by atoms with Gasteiger partial charge < -0.3 is 10.2 Å². The Morgan fingerprint density at radius 3 is 2.48 bits per heavy atom. The summed E-state index contributed by atoms with van der Waals surface area (Å²) in [5.74, 6) is 0.865. The Morgan fingerprint density at radius 2 is 1.96 bits per heavy atom. The van der Waals surface area contributed by atoms with Crippen LogP contribution >= 0.6 is 24.2 Å². The number of piperidine rings is 1. The van der Waals surface area contributed by atoms with E-state index in [2.05, 4.69) is 5.32 Å². The highest BCUT2D eigenvalue weighted by Crippen LogP contribution is 2.28. The molecule has 0 radical (unpaired) electrons. The molecule has 6 nitrogen and oxygen atoms in total. The lowest BCUT2D eigenvalue weighted by atomic mass is 9.93. The molecule has 0 spiro atoms. The van der Waals surface area contributed by atoms with Gasteiger partial charge in [-0.15, -0.1) is 24.2 Å². The Kier molecular flexibility index (Phi) is 9.24. The number of hydrogen-bond acceptors (Lipinski definition) is 5. The number of halogens is 1. The maximum Gasteiger partial charge on any atom is 0.269 e. The van der Waals surface area contributed by atoms with Crippen LogP contribution in [0.2, 0.25) is 0 Å². The second-order valence-corrected chi connectivity index (χ2v) is 7.59. The van der Waals surface area contributed by atoms with Gasteiger partial charge in [-0.25, -0.2) is 0 Å². The molecule has 140 valence electrons. The number of benzene rings is 1. The number of rotatable bonds is 7. The van der Waals surface area contributed by atoms with Crippen LogP contribution in [0.3, 0.4) is 0 Å². The summed E-state index contributed by atoms with van der Waals surface area (Å²) in [6.07, 6.45) is 3.32. The first-order valence-corrected chi connectivity index (χ1v) is 9.23. The van der Waals surface area contributed by atoms with Crippen LogP contribution in [-0.4, -0.2) is 47.7 Å². The molecule has 0 bridgehead atoms. The van der Waals surface area contributed by atoms with Gasteiger partial charge in [-0.05, 0) is 57.8 Å². The summed E-state index contributed by atoms with van der Waals surface area (Å²) in [6.45, 7) is 4.60. The number of carbonyl (C=O) groups is 1. The van der Waals surface area contributed by atoms with Crippen molar-refractivity contribution in [3.8, 4) is 0 Å². The van der Waals surface area contributed by atoms with Crippen molar-refractivity contribution >= 4 is 35.8 Å². The topological polar surface area (TPSA) is 75.5 Å². The Morgan fingerprint density at radius 1 is 1.36 bits per heavy atom. The minimum Gasteiger partial charge on any atom is -0.342 e. The van der Waals surface area contributed by atoms with E-state index in [4.69, 9.17) is 0 Å². The lowest BCUT2D eigenvalue weighted by Crippen LogP contribution is -2.42. The molecule has 1 heterocycles. The number of hydrogen-bond donors (Lipinski definition) is 1. The third-order valence-corrected chi connectivity index (χ3v) is 5.54. The van der Waals surface area contributed by atoms with E-state index in [0.717, 1.165) is 37.4 Å². The van der Waals surface area contributed by atoms with E-state index >= 15 is 0 Å². The first kappa shape index (κ1) is 21.7. The summed E-state index contributed by atoms with van der Waals surface area (Å²) >= 11 is 1.46. The summed E-state index contributed by atoms with van der Waals surface area (Å²) < 4.78 is 0.